The summed E-state index contributed by atoms with van der Waals surface area (Å²) < 4.78 is 182. The summed E-state index contributed by atoms with van der Waals surface area (Å²) in [6.07, 6.45) is -1.16. The molecule has 0 spiro atoms. The van der Waals surface area contributed by atoms with Crippen molar-refractivity contribution in [3.8, 4) is 0 Å². The van der Waals surface area contributed by atoms with Gasteiger partial charge in [-0.15, -0.1) is 0 Å². The molecule has 1 fully saturated rings. The quantitative estimate of drug-likeness (QED) is 0.581. The molecule has 1 aromatic rings. The van der Waals surface area contributed by atoms with Gasteiger partial charge >= 0.3 is 0 Å². The lowest BCUT2D eigenvalue weighted by Crippen LogP contribution is -2.46. The third-order valence-corrected chi connectivity index (χ3v) is 5.06. The van der Waals surface area contributed by atoms with Crippen LogP contribution >= 0.6 is 0 Å². The highest BCUT2D eigenvalue weighted by Gasteiger charge is 2.20. The summed E-state index contributed by atoms with van der Waals surface area (Å²) in [6, 6.07) is -2.43. The lowest BCUT2D eigenvalue weighted by Gasteiger charge is -2.36. The van der Waals surface area contributed by atoms with Crippen LogP contribution in [0.1, 0.15) is 56.8 Å². The minimum absolute atomic E-state index is 0.00501. The Morgan fingerprint density at radius 2 is 2.10 bits per heavy atom. The van der Waals surface area contributed by atoms with E-state index < -0.39 is 108 Å². The third-order valence-electron chi connectivity index (χ3n) is 3.93. The summed E-state index contributed by atoms with van der Waals surface area (Å²) in [6.45, 7) is -14.8. The Morgan fingerprint density at radius 1 is 1.37 bits per heavy atom. The molecular weight excluding hydrogens is 407 g/mol. The maximum atomic E-state index is 14.7. The normalized spacial score (nSPS) is 28.7. The highest BCUT2D eigenvalue weighted by atomic mass is 32.2. The molecule has 0 bridgehead atoms. The molecule has 2 unspecified atom stereocenters. The van der Waals surface area contributed by atoms with E-state index in [1.54, 1.807) is 0 Å². The van der Waals surface area contributed by atoms with Crippen molar-refractivity contribution in [3.05, 3.63) is 23.9 Å². The number of piperazine rings is 1. The van der Waals surface area contributed by atoms with Gasteiger partial charge in [-0.25, -0.2) is 17.1 Å². The van der Waals surface area contributed by atoms with Crippen molar-refractivity contribution in [1.29, 1.82) is 0 Å². The van der Waals surface area contributed by atoms with Crippen LogP contribution in [0.15, 0.2) is 18.1 Å². The smallest absolute Gasteiger partial charge is 0.221 e. The second-order valence-corrected chi connectivity index (χ2v) is 7.81. The fourth-order valence-corrected chi connectivity index (χ4v) is 3.30. The molecular formula is C21H35FN4O3S. The molecule has 1 N–H and O–H groups in total. The average Bonchev–Trinajstić information content (AvgIpc) is 2.92. The first-order valence-electron chi connectivity index (χ1n) is 18.0. The molecule has 1 saturated heterocycles. The fourth-order valence-electron chi connectivity index (χ4n) is 2.64. The van der Waals surface area contributed by atoms with E-state index in [4.69, 9.17) is 24.7 Å². The van der Waals surface area contributed by atoms with Crippen molar-refractivity contribution in [1.82, 2.24) is 9.21 Å². The van der Waals surface area contributed by atoms with Crippen molar-refractivity contribution in [2.24, 2.45) is 5.89 Å². The number of hydrogen-bond donors (Lipinski definition) is 1. The average molecular weight is 461 g/mol. The summed E-state index contributed by atoms with van der Waals surface area (Å²) in [5, 5.41) is 0.161. The van der Waals surface area contributed by atoms with Gasteiger partial charge < -0.3 is 10.2 Å². The molecule has 1 aromatic carbocycles. The Balaban J connectivity index is 2.30. The van der Waals surface area contributed by atoms with Gasteiger partial charge in [0, 0.05) is 77.2 Å². The number of amides is 1. The lowest BCUT2D eigenvalue weighted by molar-refractivity contribution is -0.114. The van der Waals surface area contributed by atoms with E-state index in [1.165, 1.54) is 9.80 Å². The SMILES string of the molecule is [2H]c1c(F)c([2H])c(N([2H])C(C)=O)c([2H])c1N1CCN(C([2H])CCC([2H])N(C([2H])([2H])[2H])S(=O)(=O)C([2H])([2H])C([2H])(C([2H])([2H])[2H])C([2H])([2H])[2H])CC1. The second-order valence-electron chi connectivity index (χ2n) is 6.26. The molecule has 9 heteroatoms. The maximum absolute atomic E-state index is 14.7. The summed E-state index contributed by atoms with van der Waals surface area (Å²) >= 11 is 0. The standard InChI is InChI=1S/C21H35FN4O3S/c1-17(2)16-30(28,29)24(4)7-5-6-8-25-9-11-26(12-10-25)21-14-19(22)13-20(15-21)23-18(3)27/h13-15,17H,5-12,16H2,1-4H3,(H,23,27)/i1D3,2D3,4D3,7D,8D,13D,14D,15D,16D2,17D/hD. The highest BCUT2D eigenvalue weighted by molar-refractivity contribution is 7.89. The number of benzene rings is 1. The molecule has 170 valence electrons. The van der Waals surface area contributed by atoms with Gasteiger partial charge in [0.15, 0.2) is 1.41 Å². The van der Waals surface area contributed by atoms with Gasteiger partial charge in [0.25, 0.3) is 0 Å². The molecule has 2 rings (SSSR count). The van der Waals surface area contributed by atoms with Gasteiger partial charge in [-0.2, -0.15) is 0 Å². The Hall–Kier alpha value is -1.71. The molecule has 0 aromatic heterocycles. The Morgan fingerprint density at radius 3 is 2.73 bits per heavy atom. The summed E-state index contributed by atoms with van der Waals surface area (Å²) in [4.78, 5) is 14.5. The molecule has 7 nitrogen and oxygen atoms in total. The molecule has 1 heterocycles. The number of nitrogens with zero attached hydrogens (tertiary/aromatic N) is 3. The van der Waals surface area contributed by atoms with E-state index >= 15 is 0 Å². The molecule has 1 aliphatic rings. The topological polar surface area (TPSA) is 73.0 Å². The minimum Gasteiger partial charge on any atom is -0.369 e. The monoisotopic (exact) mass is 460 g/mol. The van der Waals surface area contributed by atoms with Crippen molar-refractivity contribution in [2.75, 3.05) is 62.1 Å². The van der Waals surface area contributed by atoms with E-state index in [0.717, 1.165) is 6.92 Å². The van der Waals surface area contributed by atoms with Gasteiger partial charge in [0.2, 0.25) is 15.9 Å². The number of anilines is 2. The number of nitrogens with one attached hydrogen (secondary N) is 1. The first kappa shape index (κ1) is 9.42. The summed E-state index contributed by atoms with van der Waals surface area (Å²) in [5.74, 6) is -6.65. The van der Waals surface area contributed by atoms with Crippen molar-refractivity contribution in [3.63, 3.8) is 0 Å². The zero-order chi connectivity index (χ0) is 37.7. The van der Waals surface area contributed by atoms with Crippen LogP contribution in [-0.4, -0.2) is 75.4 Å². The number of halogens is 1. The number of sulfonamides is 1. The maximum Gasteiger partial charge on any atom is 0.221 e. The van der Waals surface area contributed by atoms with Crippen LogP contribution in [0.25, 0.3) is 0 Å². The van der Waals surface area contributed by atoms with E-state index in [2.05, 4.69) is 0 Å². The zero-order valence-electron chi connectivity index (χ0n) is 34.2. The van der Waals surface area contributed by atoms with Crippen molar-refractivity contribution < 1.29 is 42.3 Å². The number of carbonyl (C=O) groups excluding carboxylic acids is 1. The van der Waals surface area contributed by atoms with Crippen LogP contribution in [0.5, 0.6) is 0 Å². The van der Waals surface area contributed by atoms with Crippen molar-refractivity contribution >= 4 is 27.3 Å². The molecule has 0 radical (unpaired) electrons. The van der Waals surface area contributed by atoms with E-state index in [-0.39, 0.29) is 37.2 Å². The van der Waals surface area contributed by atoms with Crippen LogP contribution in [0, 0.1) is 11.7 Å². The van der Waals surface area contributed by atoms with E-state index in [1.807, 2.05) is 0 Å². The third kappa shape index (κ3) is 7.85. The molecule has 30 heavy (non-hydrogen) atoms. The van der Waals surface area contributed by atoms with Crippen LogP contribution in [0.4, 0.5) is 15.8 Å². The lowest BCUT2D eigenvalue weighted by atomic mass is 10.2. The molecule has 1 aliphatic heterocycles. The first-order chi connectivity index (χ1) is 21.4. The molecule has 2 atom stereocenters. The molecule has 0 aliphatic carbocycles. The van der Waals surface area contributed by atoms with E-state index in [9.17, 15) is 17.6 Å². The van der Waals surface area contributed by atoms with E-state index in [0.29, 0.717) is 0 Å². The Bertz CT molecular complexity index is 1450. The van der Waals surface area contributed by atoms with Gasteiger partial charge in [0.05, 0.1) is 9.82 Å². The number of carbonyl (C=O) groups is 1. The zero-order valence-corrected chi connectivity index (χ0v) is 17.0. The molecule has 1 amide bonds. The highest BCUT2D eigenvalue weighted by Crippen LogP contribution is 2.23. The van der Waals surface area contributed by atoms with Gasteiger partial charge in [0.1, 0.15) is 5.82 Å². The largest absolute Gasteiger partial charge is 0.369 e. The fraction of sp³-hybridized carbons (Fsp3) is 0.667. The summed E-state index contributed by atoms with van der Waals surface area (Å²) in [7, 11) is -6.21. The minimum atomic E-state index is -6.21. The predicted octanol–water partition coefficient (Wildman–Crippen LogP) is 2.60. The summed E-state index contributed by atoms with van der Waals surface area (Å²) in [5.41, 5.74) is -5.56. The van der Waals surface area contributed by atoms with Crippen LogP contribution < -0.4 is 10.2 Å². The number of rotatable bonds is 10. The van der Waals surface area contributed by atoms with Gasteiger partial charge in [-0.3, -0.25) is 9.69 Å². The van der Waals surface area contributed by atoms with Crippen LogP contribution in [0.3, 0.4) is 0 Å². The van der Waals surface area contributed by atoms with Gasteiger partial charge in [-0.05, 0) is 43.4 Å². The van der Waals surface area contributed by atoms with Gasteiger partial charge in [-0.1, -0.05) is 13.7 Å². The van der Waals surface area contributed by atoms with Crippen molar-refractivity contribution in [2.45, 2.75) is 33.5 Å². The van der Waals surface area contributed by atoms with Crippen LogP contribution in [0.2, 0.25) is 1.41 Å². The Kier molecular flexibility index (Phi) is 3.47. The second kappa shape index (κ2) is 11.1. The predicted molar refractivity (Wildman–Crippen MR) is 120 cm³/mol. The Labute approximate surface area is 205 Å². The first-order valence-corrected chi connectivity index (χ1v) is 10.3. The number of hydrogen-bond acceptors (Lipinski definition) is 5. The molecule has 0 saturated carbocycles. The van der Waals surface area contributed by atoms with Crippen LogP contribution in [-0.2, 0) is 14.8 Å².